The van der Waals surface area contributed by atoms with Crippen molar-refractivity contribution in [3.63, 3.8) is 0 Å². The second kappa shape index (κ2) is 8.00. The van der Waals surface area contributed by atoms with Crippen LogP contribution in [-0.4, -0.2) is 15.9 Å². The predicted octanol–water partition coefficient (Wildman–Crippen LogP) is 5.65. The van der Waals surface area contributed by atoms with E-state index in [-0.39, 0.29) is 5.91 Å². The van der Waals surface area contributed by atoms with Crippen molar-refractivity contribution in [2.45, 2.75) is 6.54 Å². The molecule has 0 fully saturated rings. The molecular formula is C20H14ClN3OS2. The van der Waals surface area contributed by atoms with Crippen molar-refractivity contribution in [2.75, 3.05) is 4.90 Å². The molecule has 3 aromatic heterocycles. The molecule has 1 amide bonds. The van der Waals surface area contributed by atoms with Gasteiger partial charge in [-0.3, -0.25) is 14.7 Å². The van der Waals surface area contributed by atoms with Crippen LogP contribution >= 0.6 is 34.3 Å². The standard InChI is InChI=1S/C20H14ClN3OS2/c21-16-4-1-5-17-19(16)23-20(27-17)24(13-14-8-10-22-11-9-14)18(25)7-6-15-3-2-12-26-15/h1-12H,13H2/b7-6+. The lowest BCUT2D eigenvalue weighted by Crippen LogP contribution is -2.28. The average molecular weight is 412 g/mol. The first-order chi connectivity index (χ1) is 13.2. The van der Waals surface area contributed by atoms with Gasteiger partial charge in [-0.1, -0.05) is 35.1 Å². The minimum atomic E-state index is -0.129. The molecule has 134 valence electrons. The monoisotopic (exact) mass is 411 g/mol. The Hall–Kier alpha value is -2.54. The molecule has 7 heteroatoms. The second-order valence-electron chi connectivity index (χ2n) is 5.71. The maximum Gasteiger partial charge on any atom is 0.253 e. The van der Waals surface area contributed by atoms with E-state index in [0.717, 1.165) is 15.1 Å². The molecule has 1 aromatic carbocycles. The predicted molar refractivity (Wildman–Crippen MR) is 113 cm³/mol. The summed E-state index contributed by atoms with van der Waals surface area (Å²) in [4.78, 5) is 24.3. The number of pyridine rings is 1. The van der Waals surface area contributed by atoms with Crippen LogP contribution in [0.3, 0.4) is 0 Å². The highest BCUT2D eigenvalue weighted by Crippen LogP contribution is 2.33. The fraction of sp³-hybridized carbons (Fsp3) is 0.0500. The lowest BCUT2D eigenvalue weighted by molar-refractivity contribution is -0.114. The highest BCUT2D eigenvalue weighted by atomic mass is 35.5. The number of thiazole rings is 1. The van der Waals surface area contributed by atoms with Gasteiger partial charge in [0.1, 0.15) is 5.52 Å². The Kier molecular flexibility index (Phi) is 5.29. The van der Waals surface area contributed by atoms with Gasteiger partial charge in [0.25, 0.3) is 5.91 Å². The number of hydrogen-bond acceptors (Lipinski definition) is 5. The lowest BCUT2D eigenvalue weighted by atomic mass is 10.2. The van der Waals surface area contributed by atoms with E-state index in [9.17, 15) is 4.79 Å². The van der Waals surface area contributed by atoms with Crippen LogP contribution in [0.1, 0.15) is 10.4 Å². The zero-order valence-electron chi connectivity index (χ0n) is 14.1. The molecule has 0 bridgehead atoms. The maximum atomic E-state index is 13.0. The molecule has 0 aliphatic carbocycles. The number of carbonyl (C=O) groups is 1. The van der Waals surface area contributed by atoms with Gasteiger partial charge in [0, 0.05) is 23.3 Å². The van der Waals surface area contributed by atoms with E-state index in [4.69, 9.17) is 11.6 Å². The first-order valence-electron chi connectivity index (χ1n) is 8.18. The molecule has 0 aliphatic heterocycles. The van der Waals surface area contributed by atoms with Gasteiger partial charge in [0.2, 0.25) is 0 Å². The van der Waals surface area contributed by atoms with E-state index in [2.05, 4.69) is 9.97 Å². The number of para-hydroxylation sites is 1. The van der Waals surface area contributed by atoms with Gasteiger partial charge in [-0.15, -0.1) is 11.3 Å². The summed E-state index contributed by atoms with van der Waals surface area (Å²) < 4.78 is 0.951. The van der Waals surface area contributed by atoms with Gasteiger partial charge in [-0.05, 0) is 47.4 Å². The maximum absolute atomic E-state index is 13.0. The number of rotatable bonds is 5. The zero-order valence-corrected chi connectivity index (χ0v) is 16.5. The number of halogens is 1. The number of carbonyl (C=O) groups excluding carboxylic acids is 1. The quantitative estimate of drug-likeness (QED) is 0.398. The Morgan fingerprint density at radius 1 is 1.15 bits per heavy atom. The van der Waals surface area contributed by atoms with E-state index in [0.29, 0.717) is 22.2 Å². The van der Waals surface area contributed by atoms with Crippen molar-refractivity contribution in [3.8, 4) is 0 Å². The summed E-state index contributed by atoms with van der Waals surface area (Å²) >= 11 is 9.30. The van der Waals surface area contributed by atoms with E-state index >= 15 is 0 Å². The molecule has 0 aliphatic rings. The van der Waals surface area contributed by atoms with Gasteiger partial charge in [0.15, 0.2) is 5.13 Å². The van der Waals surface area contributed by atoms with Gasteiger partial charge in [-0.2, -0.15) is 0 Å². The van der Waals surface area contributed by atoms with Crippen molar-refractivity contribution >= 4 is 61.6 Å². The number of hydrogen-bond donors (Lipinski definition) is 0. The number of amides is 1. The molecule has 0 saturated carbocycles. The summed E-state index contributed by atoms with van der Waals surface area (Å²) in [6.07, 6.45) is 6.84. The topological polar surface area (TPSA) is 46.1 Å². The van der Waals surface area contributed by atoms with Crippen LogP contribution in [0.4, 0.5) is 5.13 Å². The third-order valence-corrected chi connectivity index (χ3v) is 6.06. The number of aromatic nitrogens is 2. The van der Waals surface area contributed by atoms with Crippen LogP contribution in [0.15, 0.2) is 66.3 Å². The Balaban J connectivity index is 1.70. The van der Waals surface area contributed by atoms with Crippen LogP contribution < -0.4 is 4.90 Å². The SMILES string of the molecule is O=C(/C=C/c1cccs1)N(Cc1ccncc1)c1nc2c(Cl)cccc2s1. The van der Waals surface area contributed by atoms with Gasteiger partial charge in [0.05, 0.1) is 16.3 Å². The number of benzene rings is 1. The largest absolute Gasteiger partial charge is 0.280 e. The summed E-state index contributed by atoms with van der Waals surface area (Å²) in [7, 11) is 0. The zero-order chi connectivity index (χ0) is 18.6. The molecule has 4 aromatic rings. The number of thiophene rings is 1. The van der Waals surface area contributed by atoms with Crippen molar-refractivity contribution in [2.24, 2.45) is 0 Å². The van der Waals surface area contributed by atoms with Crippen LogP contribution in [0, 0.1) is 0 Å². The summed E-state index contributed by atoms with van der Waals surface area (Å²) in [5.41, 5.74) is 1.70. The fourth-order valence-corrected chi connectivity index (χ4v) is 4.45. The average Bonchev–Trinajstić information content (AvgIpc) is 3.35. The molecule has 0 saturated heterocycles. The van der Waals surface area contributed by atoms with Gasteiger partial charge < -0.3 is 0 Å². The van der Waals surface area contributed by atoms with E-state index in [1.165, 1.54) is 11.3 Å². The van der Waals surface area contributed by atoms with E-state index in [1.54, 1.807) is 40.8 Å². The smallest absolute Gasteiger partial charge is 0.253 e. The highest BCUT2D eigenvalue weighted by Gasteiger charge is 2.19. The van der Waals surface area contributed by atoms with Crippen LogP contribution in [0.2, 0.25) is 5.02 Å². The van der Waals surface area contributed by atoms with Crippen molar-refractivity contribution < 1.29 is 4.79 Å². The molecule has 0 N–H and O–H groups in total. The summed E-state index contributed by atoms with van der Waals surface area (Å²) in [5.74, 6) is -0.129. The first-order valence-corrected chi connectivity index (χ1v) is 10.2. The van der Waals surface area contributed by atoms with Gasteiger partial charge >= 0.3 is 0 Å². The second-order valence-corrected chi connectivity index (χ2v) is 8.11. The number of anilines is 1. The Morgan fingerprint density at radius 3 is 2.74 bits per heavy atom. The van der Waals surface area contributed by atoms with Crippen LogP contribution in [0.25, 0.3) is 16.3 Å². The summed E-state index contributed by atoms with van der Waals surface area (Å²) in [6, 6.07) is 13.4. The van der Waals surface area contributed by atoms with Crippen LogP contribution in [0.5, 0.6) is 0 Å². The first kappa shape index (κ1) is 17.9. The molecule has 0 atom stereocenters. The van der Waals surface area contributed by atoms with E-state index < -0.39 is 0 Å². The van der Waals surface area contributed by atoms with Crippen molar-refractivity contribution in [1.29, 1.82) is 0 Å². The van der Waals surface area contributed by atoms with E-state index in [1.807, 2.05) is 47.9 Å². The molecule has 0 unspecified atom stereocenters. The third-order valence-electron chi connectivity index (χ3n) is 3.88. The van der Waals surface area contributed by atoms with Crippen molar-refractivity contribution in [1.82, 2.24) is 9.97 Å². The minimum absolute atomic E-state index is 0.129. The lowest BCUT2D eigenvalue weighted by Gasteiger charge is -2.18. The highest BCUT2D eigenvalue weighted by molar-refractivity contribution is 7.22. The molecule has 4 rings (SSSR count). The van der Waals surface area contributed by atoms with Crippen molar-refractivity contribution in [3.05, 3.63) is 81.8 Å². The Morgan fingerprint density at radius 2 is 2.00 bits per heavy atom. The molecule has 0 radical (unpaired) electrons. The minimum Gasteiger partial charge on any atom is -0.280 e. The Labute approximate surface area is 169 Å². The molecular weight excluding hydrogens is 398 g/mol. The molecule has 4 nitrogen and oxygen atoms in total. The fourth-order valence-electron chi connectivity index (χ4n) is 2.56. The Bertz CT molecular complexity index is 1090. The third kappa shape index (κ3) is 4.08. The molecule has 0 spiro atoms. The van der Waals surface area contributed by atoms with Gasteiger partial charge in [-0.25, -0.2) is 4.98 Å². The molecule has 27 heavy (non-hydrogen) atoms. The normalized spacial score (nSPS) is 11.3. The number of fused-ring (bicyclic) bond motifs is 1. The van der Waals surface area contributed by atoms with Crippen LogP contribution in [-0.2, 0) is 11.3 Å². The summed E-state index contributed by atoms with van der Waals surface area (Å²) in [5, 5.41) is 3.19. The number of nitrogens with zero attached hydrogens (tertiary/aromatic N) is 3. The molecule has 3 heterocycles. The summed E-state index contributed by atoms with van der Waals surface area (Å²) in [6.45, 7) is 0.410.